The first-order chi connectivity index (χ1) is 10.5. The molecule has 1 aromatic rings. The van der Waals surface area contributed by atoms with Gasteiger partial charge < -0.3 is 9.47 Å². The quantitative estimate of drug-likeness (QED) is 0.796. The number of aryl methyl sites for hydroxylation is 1. The molecule has 0 aliphatic carbocycles. The van der Waals surface area contributed by atoms with Crippen molar-refractivity contribution in [2.24, 2.45) is 16.1 Å². The summed E-state index contributed by atoms with van der Waals surface area (Å²) in [5, 5.41) is 8.18. The minimum atomic E-state index is -1.68. The van der Waals surface area contributed by atoms with Crippen molar-refractivity contribution in [3.63, 3.8) is 0 Å². The Morgan fingerprint density at radius 1 is 1.36 bits per heavy atom. The number of esters is 1. The molecular weight excluding hydrogens is 304 g/mol. The second-order valence-corrected chi connectivity index (χ2v) is 7.12. The van der Waals surface area contributed by atoms with Crippen molar-refractivity contribution in [2.45, 2.75) is 42.9 Å². The summed E-state index contributed by atoms with van der Waals surface area (Å²) in [5.74, 6) is -1.09. The summed E-state index contributed by atoms with van der Waals surface area (Å²) in [4.78, 5) is 11.5. The Kier molecular flexibility index (Phi) is 3.86. The van der Waals surface area contributed by atoms with E-state index in [1.807, 2.05) is 32.9 Å². The second-order valence-electron chi connectivity index (χ2n) is 5.49. The van der Waals surface area contributed by atoms with E-state index in [1.165, 1.54) is 0 Å². The van der Waals surface area contributed by atoms with E-state index >= 15 is 0 Å². The molecule has 7 heteroatoms. The summed E-state index contributed by atoms with van der Waals surface area (Å²) < 4.78 is 23.9. The standard InChI is InChI=1S/C15H18N2O4S/c1-4-20-13-12-10(3)16-17-15(12,14(18)21-13)22(19)11-7-5-9(2)6-8-11/h5-8,10,12-13H,4H2,1-3H3/t10-,12+,13-,15-,22?/m1/s1. The number of nitrogens with zero attached hydrogens (tertiary/aromatic N) is 2. The lowest BCUT2D eigenvalue weighted by Crippen LogP contribution is -2.45. The molecular formula is C15H18N2O4S. The van der Waals surface area contributed by atoms with Crippen molar-refractivity contribution < 1.29 is 18.5 Å². The Morgan fingerprint density at radius 2 is 2.05 bits per heavy atom. The van der Waals surface area contributed by atoms with Gasteiger partial charge in [-0.3, -0.25) is 4.21 Å². The molecule has 1 saturated heterocycles. The number of hydrogen-bond acceptors (Lipinski definition) is 6. The zero-order valence-electron chi connectivity index (χ0n) is 12.7. The number of benzene rings is 1. The lowest BCUT2D eigenvalue weighted by molar-refractivity contribution is -0.167. The van der Waals surface area contributed by atoms with E-state index in [-0.39, 0.29) is 6.04 Å². The molecule has 6 nitrogen and oxygen atoms in total. The molecule has 5 atom stereocenters. The van der Waals surface area contributed by atoms with Gasteiger partial charge >= 0.3 is 5.97 Å². The fraction of sp³-hybridized carbons (Fsp3) is 0.533. The fourth-order valence-corrected chi connectivity index (χ4v) is 4.49. The number of carbonyl (C=O) groups is 1. The van der Waals surface area contributed by atoms with Crippen molar-refractivity contribution in [2.75, 3.05) is 6.61 Å². The maximum Gasteiger partial charge on any atom is 0.352 e. The Morgan fingerprint density at radius 3 is 2.68 bits per heavy atom. The summed E-state index contributed by atoms with van der Waals surface area (Å²) in [7, 11) is -1.68. The molecule has 1 unspecified atom stereocenters. The molecule has 2 aliphatic rings. The number of carbonyl (C=O) groups excluding carboxylic acids is 1. The maximum atomic E-state index is 13.1. The normalized spacial score (nSPS) is 34.5. The highest BCUT2D eigenvalue weighted by Crippen LogP contribution is 2.47. The van der Waals surface area contributed by atoms with Crippen LogP contribution in [0.2, 0.25) is 0 Å². The van der Waals surface area contributed by atoms with E-state index in [0.29, 0.717) is 11.5 Å². The zero-order chi connectivity index (χ0) is 15.9. The average Bonchev–Trinajstić information content (AvgIpc) is 2.98. The Labute approximate surface area is 131 Å². The van der Waals surface area contributed by atoms with Crippen LogP contribution in [0, 0.1) is 12.8 Å². The molecule has 0 radical (unpaired) electrons. The molecule has 0 amide bonds. The van der Waals surface area contributed by atoms with Crippen LogP contribution < -0.4 is 0 Å². The second kappa shape index (κ2) is 5.55. The Balaban J connectivity index is 2.02. The number of cyclic esters (lactones) is 1. The van der Waals surface area contributed by atoms with Crippen LogP contribution in [-0.2, 0) is 25.1 Å². The Hall–Kier alpha value is -1.60. The van der Waals surface area contributed by atoms with Crippen LogP contribution in [-0.4, -0.2) is 34.0 Å². The number of ether oxygens (including phenoxy) is 2. The van der Waals surface area contributed by atoms with Gasteiger partial charge in [-0.1, -0.05) is 17.7 Å². The molecule has 0 bridgehead atoms. The minimum Gasteiger partial charge on any atom is -0.433 e. The van der Waals surface area contributed by atoms with E-state index in [1.54, 1.807) is 12.1 Å². The highest BCUT2D eigenvalue weighted by Gasteiger charge is 2.68. The third kappa shape index (κ3) is 2.11. The molecule has 118 valence electrons. The van der Waals surface area contributed by atoms with E-state index < -0.39 is 33.8 Å². The van der Waals surface area contributed by atoms with Crippen LogP contribution in [0.4, 0.5) is 0 Å². The van der Waals surface area contributed by atoms with E-state index in [0.717, 1.165) is 5.56 Å². The summed E-state index contributed by atoms with van der Waals surface area (Å²) >= 11 is 0. The van der Waals surface area contributed by atoms with Gasteiger partial charge in [0, 0.05) is 11.5 Å². The van der Waals surface area contributed by atoms with Crippen molar-refractivity contribution in [3.8, 4) is 0 Å². The predicted molar refractivity (Wildman–Crippen MR) is 79.6 cm³/mol. The molecule has 1 fully saturated rings. The lowest BCUT2D eigenvalue weighted by Gasteiger charge is -2.23. The SMILES string of the molecule is CCO[C@@H]1OC(=O)[C@@]2(S(=O)c3ccc(C)cc3)N=N[C@H](C)[C@@H]12. The van der Waals surface area contributed by atoms with Crippen molar-refractivity contribution >= 4 is 16.8 Å². The summed E-state index contributed by atoms with van der Waals surface area (Å²) in [5.41, 5.74) is 1.05. The van der Waals surface area contributed by atoms with Crippen molar-refractivity contribution in [3.05, 3.63) is 29.8 Å². The lowest BCUT2D eigenvalue weighted by atomic mass is 9.96. The maximum absolute atomic E-state index is 13.1. The third-order valence-corrected chi connectivity index (χ3v) is 5.80. The third-order valence-electron chi connectivity index (χ3n) is 4.02. The zero-order valence-corrected chi connectivity index (χ0v) is 13.5. The predicted octanol–water partition coefficient (Wildman–Crippen LogP) is 2.19. The molecule has 0 saturated carbocycles. The van der Waals surface area contributed by atoms with Gasteiger partial charge in [-0.05, 0) is 32.9 Å². The molecule has 22 heavy (non-hydrogen) atoms. The first kappa shape index (κ1) is 15.3. The Bertz CT molecular complexity index is 645. The number of fused-ring (bicyclic) bond motifs is 1. The van der Waals surface area contributed by atoms with Gasteiger partial charge in [-0.25, -0.2) is 4.79 Å². The molecule has 2 heterocycles. The van der Waals surface area contributed by atoms with Crippen LogP contribution in [0.3, 0.4) is 0 Å². The van der Waals surface area contributed by atoms with Gasteiger partial charge in [0.2, 0.25) is 6.29 Å². The molecule has 0 N–H and O–H groups in total. The largest absolute Gasteiger partial charge is 0.433 e. The van der Waals surface area contributed by atoms with Crippen LogP contribution >= 0.6 is 0 Å². The number of hydrogen-bond donors (Lipinski definition) is 0. The fourth-order valence-electron chi connectivity index (χ4n) is 2.87. The van der Waals surface area contributed by atoms with Crippen molar-refractivity contribution in [1.29, 1.82) is 0 Å². The van der Waals surface area contributed by atoms with E-state index in [9.17, 15) is 9.00 Å². The van der Waals surface area contributed by atoms with Gasteiger partial charge in [0.05, 0.1) is 22.8 Å². The number of rotatable bonds is 4. The monoisotopic (exact) mass is 322 g/mol. The minimum absolute atomic E-state index is 0.280. The van der Waals surface area contributed by atoms with Crippen LogP contribution in [0.25, 0.3) is 0 Å². The van der Waals surface area contributed by atoms with Gasteiger partial charge in [0.15, 0.2) is 0 Å². The summed E-state index contributed by atoms with van der Waals surface area (Å²) in [6, 6.07) is 6.93. The highest BCUT2D eigenvalue weighted by molar-refractivity contribution is 7.87. The van der Waals surface area contributed by atoms with Crippen LogP contribution in [0.15, 0.2) is 39.4 Å². The van der Waals surface area contributed by atoms with Crippen molar-refractivity contribution in [1.82, 2.24) is 0 Å². The van der Waals surface area contributed by atoms with Gasteiger partial charge in [0.1, 0.15) is 0 Å². The number of azo groups is 1. The van der Waals surface area contributed by atoms with Gasteiger partial charge in [0.25, 0.3) is 4.87 Å². The van der Waals surface area contributed by atoms with Crippen LogP contribution in [0.1, 0.15) is 19.4 Å². The first-order valence-corrected chi connectivity index (χ1v) is 8.39. The highest BCUT2D eigenvalue weighted by atomic mass is 32.2. The van der Waals surface area contributed by atoms with Gasteiger partial charge in [-0.2, -0.15) is 10.2 Å². The molecule has 1 aromatic carbocycles. The first-order valence-electron chi connectivity index (χ1n) is 7.24. The van der Waals surface area contributed by atoms with Gasteiger partial charge in [-0.15, -0.1) is 0 Å². The molecule has 0 spiro atoms. The van der Waals surface area contributed by atoms with E-state index in [4.69, 9.17) is 9.47 Å². The van der Waals surface area contributed by atoms with Crippen LogP contribution in [0.5, 0.6) is 0 Å². The van der Waals surface area contributed by atoms with E-state index in [2.05, 4.69) is 10.2 Å². The molecule has 3 rings (SSSR count). The summed E-state index contributed by atoms with van der Waals surface area (Å²) in [6.45, 7) is 5.99. The molecule has 2 aliphatic heterocycles. The topological polar surface area (TPSA) is 77.3 Å². The average molecular weight is 322 g/mol. The summed E-state index contributed by atoms with van der Waals surface area (Å²) in [6.07, 6.45) is -0.753. The molecule has 0 aromatic heterocycles. The smallest absolute Gasteiger partial charge is 0.352 e.